The van der Waals surface area contributed by atoms with Gasteiger partial charge in [0.25, 0.3) is 0 Å². The summed E-state index contributed by atoms with van der Waals surface area (Å²) in [6.07, 6.45) is 11.9. The molecule has 0 saturated carbocycles. The molecular weight excluding hydrogens is 288 g/mol. The maximum atomic E-state index is 6.13. The Morgan fingerprint density at radius 3 is 2.30 bits per heavy atom. The van der Waals surface area contributed by atoms with Gasteiger partial charge in [0.1, 0.15) is 11.5 Å². The zero-order chi connectivity index (χ0) is 17.5. The summed E-state index contributed by atoms with van der Waals surface area (Å²) in [7, 11) is 0. The van der Waals surface area contributed by atoms with Gasteiger partial charge >= 0.3 is 0 Å². The minimum atomic E-state index is 0.547. The monoisotopic (exact) mass is 324 g/mol. The molecule has 23 heavy (non-hydrogen) atoms. The minimum absolute atomic E-state index is 0.547. The molecule has 0 aromatic rings. The lowest BCUT2D eigenvalue weighted by molar-refractivity contribution is 0.160. The summed E-state index contributed by atoms with van der Waals surface area (Å²) in [4.78, 5) is 0. The summed E-state index contributed by atoms with van der Waals surface area (Å²) in [5.74, 6) is 1.85. The summed E-state index contributed by atoms with van der Waals surface area (Å²) in [5, 5.41) is 0. The van der Waals surface area contributed by atoms with E-state index in [0.29, 0.717) is 36.3 Å². The van der Waals surface area contributed by atoms with Gasteiger partial charge < -0.3 is 20.9 Å². The summed E-state index contributed by atoms with van der Waals surface area (Å²) in [6.45, 7) is 9.80. The van der Waals surface area contributed by atoms with Crippen LogP contribution in [0.1, 0.15) is 66.2 Å². The second kappa shape index (κ2) is 14.0. The van der Waals surface area contributed by atoms with E-state index in [1.54, 1.807) is 6.08 Å². The third kappa shape index (κ3) is 9.93. The zero-order valence-electron chi connectivity index (χ0n) is 15.4. The van der Waals surface area contributed by atoms with Crippen molar-refractivity contribution in [3.8, 4) is 0 Å². The SMILES string of the molecule is C\C=C(OCC(CC)CCCC)/C(N)=C\C(=C\N)OCCCC. The molecule has 134 valence electrons. The molecular formula is C19H36N2O2. The molecule has 4 heteroatoms. The van der Waals surface area contributed by atoms with Gasteiger partial charge in [0, 0.05) is 12.3 Å². The molecule has 0 saturated heterocycles. The standard InChI is InChI=1S/C19H36N2O2/c1-5-9-11-16(7-3)15-23-19(8-4)18(21)13-17(14-20)22-12-10-6-2/h8,13-14,16H,5-7,9-12,15,20-21H2,1-4H3/b17-14-,18-13+,19-8+. The molecule has 4 N–H and O–H groups in total. The molecule has 0 radical (unpaired) electrons. The summed E-state index contributed by atoms with van der Waals surface area (Å²) in [6, 6.07) is 0. The van der Waals surface area contributed by atoms with Gasteiger partial charge in [-0.3, -0.25) is 0 Å². The Labute approximate surface area is 142 Å². The van der Waals surface area contributed by atoms with Crippen LogP contribution in [-0.4, -0.2) is 13.2 Å². The molecule has 4 nitrogen and oxygen atoms in total. The third-order valence-electron chi connectivity index (χ3n) is 3.79. The lowest BCUT2D eigenvalue weighted by Gasteiger charge is -2.18. The van der Waals surface area contributed by atoms with Crippen LogP contribution < -0.4 is 11.5 Å². The van der Waals surface area contributed by atoms with E-state index in [9.17, 15) is 0 Å². The number of nitrogens with two attached hydrogens (primary N) is 2. The lowest BCUT2D eigenvalue weighted by atomic mass is 10.0. The highest BCUT2D eigenvalue weighted by atomic mass is 16.5. The van der Waals surface area contributed by atoms with Gasteiger partial charge in [-0.25, -0.2) is 0 Å². The second-order valence-electron chi connectivity index (χ2n) is 5.75. The maximum absolute atomic E-state index is 6.13. The summed E-state index contributed by atoms with van der Waals surface area (Å²) >= 11 is 0. The fraction of sp³-hybridized carbons (Fsp3) is 0.684. The van der Waals surface area contributed by atoms with E-state index in [-0.39, 0.29) is 0 Å². The molecule has 0 spiro atoms. The van der Waals surface area contributed by atoms with E-state index in [1.807, 2.05) is 13.0 Å². The van der Waals surface area contributed by atoms with Gasteiger partial charge in [0.15, 0.2) is 0 Å². The second-order valence-corrected chi connectivity index (χ2v) is 5.75. The first-order chi connectivity index (χ1) is 11.1. The molecule has 0 aromatic carbocycles. The van der Waals surface area contributed by atoms with Crippen LogP contribution in [0.2, 0.25) is 0 Å². The number of allylic oxidation sites excluding steroid dienone is 2. The van der Waals surface area contributed by atoms with E-state index in [2.05, 4.69) is 20.8 Å². The molecule has 0 fully saturated rings. The third-order valence-corrected chi connectivity index (χ3v) is 3.79. The first kappa shape index (κ1) is 21.4. The summed E-state index contributed by atoms with van der Waals surface area (Å²) in [5.41, 5.74) is 12.3. The van der Waals surface area contributed by atoms with Crippen molar-refractivity contribution in [3.63, 3.8) is 0 Å². The van der Waals surface area contributed by atoms with Gasteiger partial charge in [-0.2, -0.15) is 0 Å². The highest BCUT2D eigenvalue weighted by molar-refractivity contribution is 5.29. The van der Waals surface area contributed by atoms with E-state index in [0.717, 1.165) is 19.3 Å². The van der Waals surface area contributed by atoms with Crippen LogP contribution >= 0.6 is 0 Å². The van der Waals surface area contributed by atoms with Crippen LogP contribution in [0.4, 0.5) is 0 Å². The van der Waals surface area contributed by atoms with Crippen LogP contribution in [0.15, 0.2) is 35.6 Å². The average Bonchev–Trinajstić information content (AvgIpc) is 2.57. The quantitative estimate of drug-likeness (QED) is 0.295. The first-order valence-electron chi connectivity index (χ1n) is 8.94. The van der Waals surface area contributed by atoms with Crippen molar-refractivity contribution in [2.75, 3.05) is 13.2 Å². The van der Waals surface area contributed by atoms with Crippen LogP contribution in [0.3, 0.4) is 0 Å². The fourth-order valence-corrected chi connectivity index (χ4v) is 2.14. The van der Waals surface area contributed by atoms with E-state index in [4.69, 9.17) is 20.9 Å². The van der Waals surface area contributed by atoms with Crippen LogP contribution in [0, 0.1) is 5.92 Å². The van der Waals surface area contributed by atoms with Gasteiger partial charge in [-0.1, -0.05) is 46.5 Å². The van der Waals surface area contributed by atoms with Crippen LogP contribution in [0.25, 0.3) is 0 Å². The van der Waals surface area contributed by atoms with E-state index >= 15 is 0 Å². The van der Waals surface area contributed by atoms with E-state index in [1.165, 1.54) is 25.5 Å². The predicted molar refractivity (Wildman–Crippen MR) is 98.4 cm³/mol. The highest BCUT2D eigenvalue weighted by Gasteiger charge is 2.10. The molecule has 0 aromatic heterocycles. The van der Waals surface area contributed by atoms with Gasteiger partial charge in [0.2, 0.25) is 0 Å². The normalized spacial score (nSPS) is 14.7. The Balaban J connectivity index is 4.59. The largest absolute Gasteiger partial charge is 0.492 e. The molecule has 0 rings (SSSR count). The number of hydrogen-bond donors (Lipinski definition) is 2. The Morgan fingerprint density at radius 2 is 1.78 bits per heavy atom. The molecule has 0 heterocycles. The molecule has 0 bridgehead atoms. The number of rotatable bonds is 13. The van der Waals surface area contributed by atoms with Gasteiger partial charge in [0.05, 0.1) is 18.9 Å². The molecule has 1 atom stereocenters. The number of unbranched alkanes of at least 4 members (excludes halogenated alkanes) is 2. The maximum Gasteiger partial charge on any atom is 0.138 e. The molecule has 0 aliphatic rings. The van der Waals surface area contributed by atoms with Crippen molar-refractivity contribution in [1.29, 1.82) is 0 Å². The van der Waals surface area contributed by atoms with Crippen molar-refractivity contribution < 1.29 is 9.47 Å². The smallest absolute Gasteiger partial charge is 0.138 e. The topological polar surface area (TPSA) is 70.5 Å². The predicted octanol–water partition coefficient (Wildman–Crippen LogP) is 4.58. The van der Waals surface area contributed by atoms with Crippen LogP contribution in [-0.2, 0) is 9.47 Å². The first-order valence-corrected chi connectivity index (χ1v) is 8.94. The number of hydrogen-bond acceptors (Lipinski definition) is 4. The van der Waals surface area contributed by atoms with Crippen molar-refractivity contribution in [1.82, 2.24) is 0 Å². The number of ether oxygens (including phenoxy) is 2. The molecule has 0 amide bonds. The van der Waals surface area contributed by atoms with Crippen molar-refractivity contribution in [2.24, 2.45) is 17.4 Å². The zero-order valence-corrected chi connectivity index (χ0v) is 15.4. The molecule has 1 unspecified atom stereocenters. The van der Waals surface area contributed by atoms with Gasteiger partial charge in [-0.05, 0) is 31.8 Å². The molecule has 0 aliphatic carbocycles. The van der Waals surface area contributed by atoms with E-state index < -0.39 is 0 Å². The Hall–Kier alpha value is -1.58. The minimum Gasteiger partial charge on any atom is -0.492 e. The highest BCUT2D eigenvalue weighted by Crippen LogP contribution is 2.17. The Morgan fingerprint density at radius 1 is 1.09 bits per heavy atom. The fourth-order valence-electron chi connectivity index (χ4n) is 2.14. The van der Waals surface area contributed by atoms with Gasteiger partial charge in [-0.15, -0.1) is 0 Å². The summed E-state index contributed by atoms with van der Waals surface area (Å²) < 4.78 is 11.5. The van der Waals surface area contributed by atoms with Crippen molar-refractivity contribution >= 4 is 0 Å². The molecule has 0 aliphatic heterocycles. The Bertz CT molecular complexity index is 387. The van der Waals surface area contributed by atoms with Crippen molar-refractivity contribution in [3.05, 3.63) is 35.6 Å². The Kier molecular flexibility index (Phi) is 13.1. The average molecular weight is 325 g/mol. The van der Waals surface area contributed by atoms with Crippen LogP contribution in [0.5, 0.6) is 0 Å². The van der Waals surface area contributed by atoms with Crippen molar-refractivity contribution in [2.45, 2.75) is 66.2 Å². The lowest BCUT2D eigenvalue weighted by Crippen LogP contribution is -2.13.